The zero-order valence-corrected chi connectivity index (χ0v) is 10.5. The minimum atomic E-state index is -0.160. The highest BCUT2D eigenvalue weighted by Crippen LogP contribution is 2.12. The predicted molar refractivity (Wildman–Crippen MR) is 63.4 cm³/mol. The lowest BCUT2D eigenvalue weighted by atomic mass is 10.1. The molecule has 15 heavy (non-hydrogen) atoms. The predicted octanol–water partition coefficient (Wildman–Crippen LogP) is 2.58. The van der Waals surface area contributed by atoms with Crippen molar-refractivity contribution in [2.75, 3.05) is 0 Å². The maximum absolute atomic E-state index is 12.1. The molecule has 0 spiro atoms. The smallest absolute Gasteiger partial charge is 0.270 e. The van der Waals surface area contributed by atoms with Crippen LogP contribution in [-0.2, 0) is 12.0 Å². The molecule has 0 bridgehead atoms. The molecule has 1 aromatic heterocycles. The first-order valence-corrected chi connectivity index (χ1v) is 5.69. The number of rotatable bonds is 3. The van der Waals surface area contributed by atoms with Gasteiger partial charge in [0.1, 0.15) is 0 Å². The molecule has 1 aromatic rings. The number of aromatic nitrogens is 2. The van der Waals surface area contributed by atoms with Gasteiger partial charge in [-0.05, 0) is 40.5 Å². The molecule has 0 unspecified atom stereocenters. The average Bonchev–Trinajstić information content (AvgIpc) is 2.39. The fourth-order valence-corrected chi connectivity index (χ4v) is 1.70. The van der Waals surface area contributed by atoms with E-state index < -0.39 is 0 Å². The minimum Gasteiger partial charge on any atom is -0.299 e. The van der Waals surface area contributed by atoms with Gasteiger partial charge in [-0.2, -0.15) is 0 Å². The van der Waals surface area contributed by atoms with E-state index in [1.165, 1.54) is 0 Å². The SMILES string of the molecule is CCCCc1c(C)[nH]n(C(C)(C)C)c1=O. The molecule has 1 rings (SSSR count). The van der Waals surface area contributed by atoms with Gasteiger partial charge in [0.05, 0.1) is 5.54 Å². The van der Waals surface area contributed by atoms with Crippen molar-refractivity contribution >= 4 is 0 Å². The summed E-state index contributed by atoms with van der Waals surface area (Å²) in [4.78, 5) is 12.1. The Morgan fingerprint density at radius 1 is 1.33 bits per heavy atom. The first-order chi connectivity index (χ1) is 6.88. The summed E-state index contributed by atoms with van der Waals surface area (Å²) >= 11 is 0. The quantitative estimate of drug-likeness (QED) is 0.818. The molecule has 1 N–H and O–H groups in total. The first-order valence-electron chi connectivity index (χ1n) is 5.69. The van der Waals surface area contributed by atoms with Gasteiger partial charge in [-0.25, -0.2) is 4.68 Å². The normalized spacial score (nSPS) is 12.1. The number of unbranched alkanes of at least 4 members (excludes halogenated alkanes) is 1. The van der Waals surface area contributed by atoms with Crippen LogP contribution in [0.5, 0.6) is 0 Å². The molecule has 3 nitrogen and oxygen atoms in total. The molecule has 0 atom stereocenters. The summed E-state index contributed by atoms with van der Waals surface area (Å²) in [5.74, 6) is 0. The number of H-pyrrole nitrogens is 1. The van der Waals surface area contributed by atoms with Crippen LogP contribution in [0.4, 0.5) is 0 Å². The van der Waals surface area contributed by atoms with Gasteiger partial charge < -0.3 is 0 Å². The van der Waals surface area contributed by atoms with Crippen LogP contribution in [0.15, 0.2) is 4.79 Å². The summed E-state index contributed by atoms with van der Waals surface area (Å²) in [5.41, 5.74) is 1.95. The number of hydrogen-bond acceptors (Lipinski definition) is 1. The van der Waals surface area contributed by atoms with Gasteiger partial charge in [0.25, 0.3) is 5.56 Å². The fourth-order valence-electron chi connectivity index (χ4n) is 1.70. The minimum absolute atomic E-state index is 0.147. The van der Waals surface area contributed by atoms with Crippen molar-refractivity contribution in [3.63, 3.8) is 0 Å². The summed E-state index contributed by atoms with van der Waals surface area (Å²) in [6.45, 7) is 10.2. The van der Waals surface area contributed by atoms with E-state index in [1.807, 2.05) is 27.7 Å². The highest BCUT2D eigenvalue weighted by atomic mass is 16.1. The molecule has 0 amide bonds. The summed E-state index contributed by atoms with van der Waals surface area (Å²) < 4.78 is 1.73. The van der Waals surface area contributed by atoms with E-state index in [4.69, 9.17) is 0 Å². The summed E-state index contributed by atoms with van der Waals surface area (Å²) in [6.07, 6.45) is 3.10. The molecule has 0 aliphatic heterocycles. The third-order valence-electron chi connectivity index (χ3n) is 2.64. The third kappa shape index (κ3) is 2.52. The van der Waals surface area contributed by atoms with Crippen LogP contribution in [0.25, 0.3) is 0 Å². The Kier molecular flexibility index (Phi) is 3.42. The van der Waals surface area contributed by atoms with Crippen molar-refractivity contribution in [1.82, 2.24) is 9.78 Å². The lowest BCUT2D eigenvalue weighted by Crippen LogP contribution is -2.33. The van der Waals surface area contributed by atoms with E-state index in [-0.39, 0.29) is 11.1 Å². The van der Waals surface area contributed by atoms with Crippen LogP contribution in [-0.4, -0.2) is 9.78 Å². The summed E-state index contributed by atoms with van der Waals surface area (Å²) in [5, 5.41) is 3.17. The lowest BCUT2D eigenvalue weighted by molar-refractivity contribution is 0.344. The van der Waals surface area contributed by atoms with Crippen molar-refractivity contribution in [2.24, 2.45) is 0 Å². The fraction of sp³-hybridized carbons (Fsp3) is 0.750. The Morgan fingerprint density at radius 3 is 2.33 bits per heavy atom. The molecule has 0 radical (unpaired) electrons. The van der Waals surface area contributed by atoms with Gasteiger partial charge in [0, 0.05) is 11.3 Å². The highest BCUT2D eigenvalue weighted by molar-refractivity contribution is 5.16. The Balaban J connectivity index is 3.10. The number of aryl methyl sites for hydroxylation is 1. The second-order valence-electron chi connectivity index (χ2n) is 5.13. The van der Waals surface area contributed by atoms with Crippen molar-refractivity contribution in [2.45, 2.75) is 59.4 Å². The molecule has 0 saturated carbocycles. The van der Waals surface area contributed by atoms with Gasteiger partial charge in [-0.15, -0.1) is 0 Å². The largest absolute Gasteiger partial charge is 0.299 e. The zero-order chi connectivity index (χ0) is 11.6. The van der Waals surface area contributed by atoms with Crippen molar-refractivity contribution in [3.05, 3.63) is 21.6 Å². The van der Waals surface area contributed by atoms with Gasteiger partial charge in [0.15, 0.2) is 0 Å². The molecule has 0 saturated heterocycles. The van der Waals surface area contributed by atoms with E-state index >= 15 is 0 Å². The molecule has 0 aromatic carbocycles. The van der Waals surface area contributed by atoms with Crippen LogP contribution in [0, 0.1) is 6.92 Å². The van der Waals surface area contributed by atoms with E-state index in [2.05, 4.69) is 12.0 Å². The third-order valence-corrected chi connectivity index (χ3v) is 2.64. The molecule has 0 aliphatic rings. The van der Waals surface area contributed by atoms with Crippen molar-refractivity contribution in [1.29, 1.82) is 0 Å². The number of nitrogens with zero attached hydrogens (tertiary/aromatic N) is 1. The van der Waals surface area contributed by atoms with Gasteiger partial charge in [-0.3, -0.25) is 9.89 Å². The van der Waals surface area contributed by atoms with E-state index in [1.54, 1.807) is 4.68 Å². The molecule has 1 heterocycles. The van der Waals surface area contributed by atoms with Crippen molar-refractivity contribution < 1.29 is 0 Å². The molecule has 0 fully saturated rings. The van der Waals surface area contributed by atoms with Crippen LogP contribution < -0.4 is 5.56 Å². The van der Waals surface area contributed by atoms with Crippen LogP contribution >= 0.6 is 0 Å². The Morgan fingerprint density at radius 2 is 1.93 bits per heavy atom. The maximum Gasteiger partial charge on any atom is 0.270 e. The second-order valence-corrected chi connectivity index (χ2v) is 5.13. The Bertz CT molecular complexity index is 379. The maximum atomic E-state index is 12.1. The van der Waals surface area contributed by atoms with E-state index in [0.717, 1.165) is 30.5 Å². The highest BCUT2D eigenvalue weighted by Gasteiger charge is 2.19. The average molecular weight is 210 g/mol. The van der Waals surface area contributed by atoms with E-state index in [0.29, 0.717) is 0 Å². The molecule has 86 valence electrons. The van der Waals surface area contributed by atoms with Crippen LogP contribution in [0.1, 0.15) is 51.8 Å². The zero-order valence-electron chi connectivity index (χ0n) is 10.5. The molecular weight excluding hydrogens is 188 g/mol. The van der Waals surface area contributed by atoms with E-state index in [9.17, 15) is 4.79 Å². The van der Waals surface area contributed by atoms with Crippen LogP contribution in [0.2, 0.25) is 0 Å². The van der Waals surface area contributed by atoms with Gasteiger partial charge in [-0.1, -0.05) is 13.3 Å². The summed E-state index contributed by atoms with van der Waals surface area (Å²) in [7, 11) is 0. The Hall–Kier alpha value is -0.990. The van der Waals surface area contributed by atoms with Gasteiger partial charge in [0.2, 0.25) is 0 Å². The number of hydrogen-bond donors (Lipinski definition) is 1. The first kappa shape index (κ1) is 12.1. The summed E-state index contributed by atoms with van der Waals surface area (Å²) in [6, 6.07) is 0. The number of aromatic amines is 1. The van der Waals surface area contributed by atoms with Crippen molar-refractivity contribution in [3.8, 4) is 0 Å². The van der Waals surface area contributed by atoms with Crippen LogP contribution in [0.3, 0.4) is 0 Å². The number of nitrogens with one attached hydrogen (secondary N) is 1. The topological polar surface area (TPSA) is 37.8 Å². The molecule has 3 heteroatoms. The monoisotopic (exact) mass is 210 g/mol. The molecular formula is C12H22N2O. The standard InChI is InChI=1S/C12H22N2O/c1-6-7-8-10-9(2)13-14(11(10)15)12(3,4)5/h13H,6-8H2,1-5H3. The molecule has 0 aliphatic carbocycles. The second kappa shape index (κ2) is 4.25. The van der Waals surface area contributed by atoms with Gasteiger partial charge >= 0.3 is 0 Å². The lowest BCUT2D eigenvalue weighted by Gasteiger charge is -2.19. The Labute approximate surface area is 91.5 Å².